The van der Waals surface area contributed by atoms with Crippen molar-refractivity contribution < 1.29 is 48.0 Å². The summed E-state index contributed by atoms with van der Waals surface area (Å²) in [5.74, 6) is 0.282. The fourth-order valence-electron chi connectivity index (χ4n) is 9.33. The summed E-state index contributed by atoms with van der Waals surface area (Å²) in [6.07, 6.45) is 9.87. The van der Waals surface area contributed by atoms with Crippen LogP contribution in [0.3, 0.4) is 0 Å². The van der Waals surface area contributed by atoms with Crippen molar-refractivity contribution in [3.63, 3.8) is 0 Å². The molecule has 6 aromatic heterocycles. The van der Waals surface area contributed by atoms with Crippen LogP contribution in [0.5, 0.6) is 0 Å². The molecule has 8 heterocycles. The zero-order valence-electron chi connectivity index (χ0n) is 47.7. The first kappa shape index (κ1) is 58.1. The lowest BCUT2D eigenvalue weighted by atomic mass is 9.88. The Morgan fingerprint density at radius 2 is 0.974 bits per heavy atom. The Bertz CT molecular complexity index is 3160. The second kappa shape index (κ2) is 22.4. The fraction of sp³-hybridized carbons (Fsp3) is 0.574. The maximum Gasteiger partial charge on any atom is 0.413 e. The average molecular weight is 1080 g/mol. The SMILES string of the molecule is CC(=O)[C@@H]1CC[C@H](c2cc(NC(=O)OC(C)(C)C)n3ncc(-c4cnn(C)c4)c3n2)CN1C(=O)OC(C)(C)C.CC(O)[C@@H]1CC[C@H](c2cc(NC(=O)OC(C)(C)C)n3ncc(-c4cnn(C)c4)c3n2)CN1C(=O)OC(C)(C)C. The predicted octanol–water partition coefficient (Wildman–Crippen LogP) is 8.89. The number of ketones is 1. The van der Waals surface area contributed by atoms with Gasteiger partial charge in [-0.2, -0.15) is 29.4 Å². The summed E-state index contributed by atoms with van der Waals surface area (Å²) in [6, 6.07) is 2.56. The fourth-order valence-corrected chi connectivity index (χ4v) is 9.33. The second-order valence-electron chi connectivity index (χ2n) is 24.0. The number of aromatic nitrogens is 10. The van der Waals surface area contributed by atoms with Crippen LogP contribution in [0.25, 0.3) is 33.5 Å². The number of aliphatic hydroxyl groups excluding tert-OH is 1. The maximum absolute atomic E-state index is 13.1. The first-order chi connectivity index (χ1) is 36.2. The molecule has 6 aromatic rings. The van der Waals surface area contributed by atoms with Gasteiger partial charge in [0.05, 0.1) is 54.4 Å². The first-order valence-corrected chi connectivity index (χ1v) is 26.2. The molecule has 3 N–H and O–H groups in total. The highest BCUT2D eigenvalue weighted by Crippen LogP contribution is 2.37. The van der Waals surface area contributed by atoms with E-state index in [2.05, 4.69) is 31.0 Å². The first-order valence-electron chi connectivity index (χ1n) is 26.2. The third-order valence-corrected chi connectivity index (χ3v) is 12.6. The lowest BCUT2D eigenvalue weighted by Crippen LogP contribution is -2.52. The van der Waals surface area contributed by atoms with E-state index in [0.717, 1.165) is 22.3 Å². The molecule has 0 spiro atoms. The molecule has 24 nitrogen and oxygen atoms in total. The number of carbonyl (C=O) groups is 5. The van der Waals surface area contributed by atoms with Crippen molar-refractivity contribution in [2.24, 2.45) is 14.1 Å². The number of hydrogen-bond acceptors (Lipinski definition) is 16. The summed E-state index contributed by atoms with van der Waals surface area (Å²) in [6.45, 7) is 25.3. The molecule has 24 heteroatoms. The molecule has 2 aliphatic rings. The minimum absolute atomic E-state index is 0.0929. The van der Waals surface area contributed by atoms with Gasteiger partial charge in [0.1, 0.15) is 34.0 Å². The van der Waals surface area contributed by atoms with Gasteiger partial charge in [0.2, 0.25) is 0 Å². The number of ether oxygens (including phenoxy) is 4. The van der Waals surface area contributed by atoms with E-state index in [-0.39, 0.29) is 30.2 Å². The third kappa shape index (κ3) is 14.5. The van der Waals surface area contributed by atoms with E-state index in [0.29, 0.717) is 66.5 Å². The number of rotatable bonds is 8. The van der Waals surface area contributed by atoms with Gasteiger partial charge in [-0.05, 0) is 123 Å². The van der Waals surface area contributed by atoms with E-state index >= 15 is 0 Å². The molecule has 78 heavy (non-hydrogen) atoms. The van der Waals surface area contributed by atoms with Crippen molar-refractivity contribution in [3.8, 4) is 22.3 Å². The number of aryl methyl sites for hydroxylation is 2. The Hall–Kier alpha value is -7.63. The van der Waals surface area contributed by atoms with Crippen LogP contribution >= 0.6 is 0 Å². The highest BCUT2D eigenvalue weighted by molar-refractivity contribution is 5.88. The Labute approximate surface area is 454 Å². The van der Waals surface area contributed by atoms with E-state index in [9.17, 15) is 29.1 Å². The van der Waals surface area contributed by atoms with E-state index in [1.165, 1.54) is 11.8 Å². The lowest BCUT2D eigenvalue weighted by Gasteiger charge is -2.41. The lowest BCUT2D eigenvalue weighted by molar-refractivity contribution is -0.123. The van der Waals surface area contributed by atoms with Gasteiger partial charge >= 0.3 is 24.4 Å². The number of fused-ring (bicyclic) bond motifs is 2. The number of piperidine rings is 2. The molecule has 0 bridgehead atoms. The monoisotopic (exact) mass is 1080 g/mol. The van der Waals surface area contributed by atoms with Crippen molar-refractivity contribution in [2.45, 2.75) is 175 Å². The van der Waals surface area contributed by atoms with Crippen molar-refractivity contribution in [3.05, 3.63) is 60.7 Å². The smallest absolute Gasteiger partial charge is 0.413 e. The molecule has 4 amide bonds. The third-order valence-electron chi connectivity index (χ3n) is 12.6. The molecular formula is C54H76N14O10. The van der Waals surface area contributed by atoms with Crippen molar-refractivity contribution >= 4 is 53.1 Å². The maximum atomic E-state index is 13.1. The second-order valence-corrected chi connectivity index (χ2v) is 24.0. The molecule has 0 aliphatic carbocycles. The van der Waals surface area contributed by atoms with Gasteiger partial charge in [-0.3, -0.25) is 29.7 Å². The van der Waals surface area contributed by atoms with E-state index in [1.54, 1.807) is 129 Å². The summed E-state index contributed by atoms with van der Waals surface area (Å²) in [5, 5.41) is 33.5. The standard InChI is InChI=1S/C27H39N7O5.C27H37N7O5/c2*1-16(35)21-10-9-17(15-33(21)25(37)39-27(5,6)7)20-11-22(31-24(36)38-26(2,3)4)34-23(30-20)19(13-29-34)18-12-28-32(8)14-18/h11-14,16-17,21,35H,9-10,15H2,1-8H3,(H,31,36);11-14,17,21H,9-10,15H2,1-8H3,(H,31,36)/t16?,17-,21-;17-,21-/m00/s1. The van der Waals surface area contributed by atoms with Crippen LogP contribution in [-0.2, 0) is 37.8 Å². The summed E-state index contributed by atoms with van der Waals surface area (Å²) in [7, 11) is 3.65. The number of hydrogen-bond donors (Lipinski definition) is 3. The van der Waals surface area contributed by atoms with E-state index in [1.807, 2.05) is 47.3 Å². The zero-order valence-corrected chi connectivity index (χ0v) is 47.7. The summed E-state index contributed by atoms with van der Waals surface area (Å²) >= 11 is 0. The molecule has 0 aromatic carbocycles. The van der Waals surface area contributed by atoms with Crippen LogP contribution < -0.4 is 10.6 Å². The van der Waals surface area contributed by atoms with Crippen LogP contribution in [0.15, 0.2) is 49.3 Å². The number of carbonyl (C=O) groups excluding carboxylic acids is 5. The van der Waals surface area contributed by atoms with Crippen LogP contribution in [0.4, 0.5) is 30.8 Å². The number of aliphatic hydroxyl groups is 1. The summed E-state index contributed by atoms with van der Waals surface area (Å²) in [5.41, 5.74) is 2.75. The number of nitrogens with zero attached hydrogens (tertiary/aromatic N) is 12. The Balaban J connectivity index is 0.000000226. The summed E-state index contributed by atoms with van der Waals surface area (Å²) in [4.78, 5) is 77.1. The molecule has 0 radical (unpaired) electrons. The quantitative estimate of drug-likeness (QED) is 0.120. The van der Waals surface area contributed by atoms with Gasteiger partial charge in [-0.1, -0.05) is 0 Å². The number of Topliss-reactive ketones (excluding diaryl/α,β-unsaturated/α-hetero) is 1. The van der Waals surface area contributed by atoms with Crippen LogP contribution in [0.2, 0.25) is 0 Å². The van der Waals surface area contributed by atoms with Gasteiger partial charge in [0.15, 0.2) is 17.1 Å². The van der Waals surface area contributed by atoms with Crippen LogP contribution in [-0.4, -0.2) is 148 Å². The van der Waals surface area contributed by atoms with Crippen LogP contribution in [0, 0.1) is 0 Å². The van der Waals surface area contributed by atoms with Gasteiger partial charge in [0, 0.05) is 85.8 Å². The molecular weight excluding hydrogens is 1000 g/mol. The highest BCUT2D eigenvalue weighted by atomic mass is 16.6. The summed E-state index contributed by atoms with van der Waals surface area (Å²) < 4.78 is 28.7. The Morgan fingerprint density at radius 3 is 1.35 bits per heavy atom. The van der Waals surface area contributed by atoms with E-state index < -0.39 is 58.9 Å². The minimum atomic E-state index is -0.717. The topological polar surface area (TPSA) is 269 Å². The number of nitrogens with one attached hydrogen (secondary N) is 2. The van der Waals surface area contributed by atoms with E-state index in [4.69, 9.17) is 28.9 Å². The number of likely N-dealkylation sites (tertiary alicyclic amines) is 2. The van der Waals surface area contributed by atoms with Crippen molar-refractivity contribution in [2.75, 3.05) is 23.7 Å². The molecule has 8 rings (SSSR count). The molecule has 2 aliphatic heterocycles. The number of amides is 4. The molecule has 2 saturated heterocycles. The van der Waals surface area contributed by atoms with Gasteiger partial charge < -0.3 is 29.0 Å². The predicted molar refractivity (Wildman–Crippen MR) is 290 cm³/mol. The van der Waals surface area contributed by atoms with Gasteiger partial charge in [-0.15, -0.1) is 0 Å². The number of anilines is 2. The minimum Gasteiger partial charge on any atom is -0.444 e. The Morgan fingerprint density at radius 1 is 0.577 bits per heavy atom. The molecule has 1 unspecified atom stereocenters. The van der Waals surface area contributed by atoms with Gasteiger partial charge in [-0.25, -0.2) is 29.1 Å². The van der Waals surface area contributed by atoms with Crippen LogP contribution in [0.1, 0.15) is 146 Å². The molecule has 0 saturated carbocycles. The van der Waals surface area contributed by atoms with Crippen molar-refractivity contribution in [1.29, 1.82) is 0 Å². The molecule has 2 fully saturated rings. The highest BCUT2D eigenvalue weighted by Gasteiger charge is 2.40. The molecule has 422 valence electrons. The largest absolute Gasteiger partial charge is 0.444 e. The zero-order chi connectivity index (χ0) is 57.4. The normalized spacial score (nSPS) is 18.7. The average Bonchev–Trinajstić information content (AvgIpc) is 4.15. The van der Waals surface area contributed by atoms with Gasteiger partial charge in [0.25, 0.3) is 0 Å². The Kier molecular flexibility index (Phi) is 16.7. The van der Waals surface area contributed by atoms with Crippen molar-refractivity contribution in [1.82, 2.24) is 58.6 Å². The molecule has 5 atom stereocenters.